The number of aromatic nitrogens is 1. The molecule has 0 radical (unpaired) electrons. The highest BCUT2D eigenvalue weighted by molar-refractivity contribution is 7.91. The van der Waals surface area contributed by atoms with E-state index in [1.165, 1.54) is 4.90 Å². The number of fused-ring (bicyclic) bond motifs is 3. The Hall–Kier alpha value is -5.18. The zero-order chi connectivity index (χ0) is 42.5. The Morgan fingerprint density at radius 3 is 2.41 bits per heavy atom. The van der Waals surface area contributed by atoms with Crippen molar-refractivity contribution in [2.24, 2.45) is 16.7 Å². The van der Waals surface area contributed by atoms with E-state index in [4.69, 9.17) is 9.47 Å². The van der Waals surface area contributed by atoms with E-state index in [0.29, 0.717) is 32.1 Å². The van der Waals surface area contributed by atoms with Crippen LogP contribution < -0.4 is 15.4 Å². The molecule has 1 saturated heterocycles. The highest BCUT2D eigenvalue weighted by Gasteiger charge is 2.62. The normalized spacial score (nSPS) is 27.0. The first kappa shape index (κ1) is 42.0. The first-order valence-electron chi connectivity index (χ1n) is 20.5. The van der Waals surface area contributed by atoms with E-state index in [-0.39, 0.29) is 37.6 Å². The molecule has 2 aromatic carbocycles. The van der Waals surface area contributed by atoms with Gasteiger partial charge >= 0.3 is 12.1 Å². The fraction of sp³-hybridized carbons (Fsp3) is 0.523. The van der Waals surface area contributed by atoms with Crippen LogP contribution in [0.3, 0.4) is 0 Å². The summed E-state index contributed by atoms with van der Waals surface area (Å²) in [5, 5.41) is 5.77. The van der Waals surface area contributed by atoms with Gasteiger partial charge in [-0.1, -0.05) is 90.4 Å². The number of carbonyl (C=O) groups excluding carboxylic acids is 5. The minimum absolute atomic E-state index is 0.0859. The molecule has 316 valence electrons. The number of allylic oxidation sites excluding steroid dienone is 1. The summed E-state index contributed by atoms with van der Waals surface area (Å²) in [5.74, 6) is -3.11. The van der Waals surface area contributed by atoms with Crippen molar-refractivity contribution in [3.63, 3.8) is 0 Å². The lowest BCUT2D eigenvalue weighted by molar-refractivity contribution is -0.143. The van der Waals surface area contributed by atoms with Crippen LogP contribution in [0.5, 0.6) is 0 Å². The summed E-state index contributed by atoms with van der Waals surface area (Å²) < 4.78 is 41.5. The van der Waals surface area contributed by atoms with Gasteiger partial charge in [0.25, 0.3) is 5.91 Å². The molecule has 4 aliphatic rings. The lowest BCUT2D eigenvalue weighted by Crippen LogP contribution is -2.60. The number of nitrogens with one attached hydrogen (secondary N) is 3. The van der Waals surface area contributed by atoms with Crippen LogP contribution in [0.15, 0.2) is 60.7 Å². The van der Waals surface area contributed by atoms with Gasteiger partial charge in [-0.05, 0) is 78.7 Å². The number of amides is 4. The number of rotatable bonds is 7. The van der Waals surface area contributed by atoms with Gasteiger partial charge in [0.05, 0.1) is 23.9 Å². The summed E-state index contributed by atoms with van der Waals surface area (Å²) in [6, 6.07) is 14.7. The van der Waals surface area contributed by atoms with E-state index < -0.39 is 79.6 Å². The van der Waals surface area contributed by atoms with E-state index in [9.17, 15) is 32.4 Å². The SMILES string of the molecule is CCC1C[C@]1(NC(=O)[C@@H]1C[C@@H]2CN1C(=O)[C@H](C(C)(C)C)NC(=O)OCC(C)(C)CC/C=C/c1cccc3c1cc(n3-c1ccccc1)C(=O)O2)C(=O)NS(=O)(=O)C1CC1. The number of alkyl carbamates (subject to hydrolysis) is 1. The minimum Gasteiger partial charge on any atom is -0.456 e. The van der Waals surface area contributed by atoms with Crippen molar-refractivity contribution in [2.45, 2.75) is 115 Å². The predicted molar refractivity (Wildman–Crippen MR) is 222 cm³/mol. The lowest BCUT2D eigenvalue weighted by atomic mass is 9.85. The second kappa shape index (κ2) is 15.8. The Bertz CT molecular complexity index is 2290. The van der Waals surface area contributed by atoms with Gasteiger partial charge < -0.3 is 29.6 Å². The largest absolute Gasteiger partial charge is 0.456 e. The molecule has 59 heavy (non-hydrogen) atoms. The van der Waals surface area contributed by atoms with Crippen molar-refractivity contribution in [1.82, 2.24) is 24.8 Å². The Labute approximate surface area is 345 Å². The molecule has 2 saturated carbocycles. The Morgan fingerprint density at radius 1 is 1.02 bits per heavy atom. The monoisotopic (exact) mass is 829 g/mol. The first-order chi connectivity index (χ1) is 27.8. The van der Waals surface area contributed by atoms with Crippen LogP contribution in [0.4, 0.5) is 4.79 Å². The number of para-hydroxylation sites is 1. The van der Waals surface area contributed by atoms with E-state index in [1.807, 2.05) is 79.9 Å². The quantitative estimate of drug-likeness (QED) is 0.255. The van der Waals surface area contributed by atoms with Crippen LogP contribution in [-0.2, 0) is 33.9 Å². The third-order valence-corrected chi connectivity index (χ3v) is 13.8. The number of benzene rings is 2. The summed E-state index contributed by atoms with van der Waals surface area (Å²) in [6.45, 7) is 11.1. The van der Waals surface area contributed by atoms with Gasteiger partial charge in [0.1, 0.15) is 29.4 Å². The average molecular weight is 830 g/mol. The number of esters is 1. The van der Waals surface area contributed by atoms with Gasteiger partial charge in [0, 0.05) is 17.5 Å². The molecule has 4 amide bonds. The lowest BCUT2D eigenvalue weighted by Gasteiger charge is -2.35. The van der Waals surface area contributed by atoms with Gasteiger partial charge in [-0.2, -0.15) is 0 Å². The number of hydrogen-bond donors (Lipinski definition) is 3. The molecule has 3 heterocycles. The van der Waals surface area contributed by atoms with Crippen molar-refractivity contribution in [3.05, 3.63) is 71.9 Å². The number of carbonyl (C=O) groups is 5. The molecule has 0 spiro atoms. The molecule has 3 N–H and O–H groups in total. The van der Waals surface area contributed by atoms with E-state index >= 15 is 0 Å². The number of ether oxygens (including phenoxy) is 2. The molecule has 7 rings (SSSR count). The van der Waals surface area contributed by atoms with E-state index in [0.717, 1.165) is 22.2 Å². The molecular weight excluding hydrogens is 775 g/mol. The molecule has 5 atom stereocenters. The molecule has 3 fully saturated rings. The molecule has 14 nitrogen and oxygen atoms in total. The van der Waals surface area contributed by atoms with Crippen LogP contribution >= 0.6 is 0 Å². The minimum atomic E-state index is -3.91. The molecule has 3 aromatic rings. The summed E-state index contributed by atoms with van der Waals surface area (Å²) in [4.78, 5) is 71.9. The fourth-order valence-electron chi connectivity index (χ4n) is 8.28. The van der Waals surface area contributed by atoms with Crippen LogP contribution in [0.25, 0.3) is 22.7 Å². The molecular formula is C44H55N5O9S. The smallest absolute Gasteiger partial charge is 0.407 e. The van der Waals surface area contributed by atoms with Crippen LogP contribution in [0.1, 0.15) is 103 Å². The highest BCUT2D eigenvalue weighted by Crippen LogP contribution is 2.47. The number of cyclic esters (lactones) is 1. The van der Waals surface area contributed by atoms with Crippen LogP contribution in [0.2, 0.25) is 0 Å². The Kier molecular flexibility index (Phi) is 11.2. The van der Waals surface area contributed by atoms with Gasteiger partial charge in [0.2, 0.25) is 21.8 Å². The summed E-state index contributed by atoms with van der Waals surface area (Å²) >= 11 is 0. The van der Waals surface area contributed by atoms with Crippen molar-refractivity contribution >= 4 is 56.8 Å². The predicted octanol–water partition coefficient (Wildman–Crippen LogP) is 5.62. The topological polar surface area (TPSA) is 182 Å². The van der Waals surface area contributed by atoms with Gasteiger partial charge in [-0.25, -0.2) is 18.0 Å². The Morgan fingerprint density at radius 2 is 1.75 bits per heavy atom. The van der Waals surface area contributed by atoms with Crippen molar-refractivity contribution < 1.29 is 41.9 Å². The summed E-state index contributed by atoms with van der Waals surface area (Å²) in [6.07, 6.45) is 5.19. The zero-order valence-corrected chi connectivity index (χ0v) is 35.4. The maximum absolute atomic E-state index is 14.7. The third kappa shape index (κ3) is 8.76. The Balaban J connectivity index is 1.26. The van der Waals surface area contributed by atoms with Gasteiger partial charge in [-0.15, -0.1) is 0 Å². The van der Waals surface area contributed by atoms with Crippen molar-refractivity contribution in [3.8, 4) is 5.69 Å². The maximum Gasteiger partial charge on any atom is 0.407 e. The fourth-order valence-corrected chi connectivity index (χ4v) is 9.64. The van der Waals surface area contributed by atoms with Crippen LogP contribution in [-0.4, -0.2) is 89.8 Å². The van der Waals surface area contributed by atoms with Crippen molar-refractivity contribution in [1.29, 1.82) is 0 Å². The summed E-state index contributed by atoms with van der Waals surface area (Å²) in [5.41, 5.74) is -0.102. The average Bonchev–Trinajstić information content (AvgIpc) is 4.08. The molecule has 15 heteroatoms. The van der Waals surface area contributed by atoms with Crippen LogP contribution in [0, 0.1) is 16.7 Å². The molecule has 1 aromatic heterocycles. The zero-order valence-electron chi connectivity index (χ0n) is 34.6. The third-order valence-electron chi connectivity index (χ3n) is 12.0. The number of hydrogen-bond acceptors (Lipinski definition) is 9. The molecule has 1 unspecified atom stereocenters. The van der Waals surface area contributed by atoms with E-state index in [2.05, 4.69) is 21.4 Å². The molecule has 2 aliphatic carbocycles. The first-order valence-corrected chi connectivity index (χ1v) is 22.1. The maximum atomic E-state index is 14.7. The second-order valence-electron chi connectivity index (χ2n) is 18.3. The van der Waals surface area contributed by atoms with E-state index in [1.54, 1.807) is 26.8 Å². The van der Waals surface area contributed by atoms with Gasteiger partial charge in [0.15, 0.2) is 0 Å². The second-order valence-corrected chi connectivity index (χ2v) is 20.3. The van der Waals surface area contributed by atoms with Crippen molar-refractivity contribution in [2.75, 3.05) is 13.2 Å². The number of nitrogens with zero attached hydrogens (tertiary/aromatic N) is 2. The van der Waals surface area contributed by atoms with Gasteiger partial charge in [-0.3, -0.25) is 19.1 Å². The number of sulfonamides is 1. The summed E-state index contributed by atoms with van der Waals surface area (Å²) in [7, 11) is -3.91. The standard InChI is InChI=1S/C44H55N5O9S/c1-7-28-24-44(28,40(53)47-59(55,56)31-19-20-31)46-37(50)34-22-30-25-48(34)38(51)36(42(2,3)4)45-41(54)57-26-43(5,6)21-12-11-14-27-15-13-18-33-32(27)23-35(39(52)58-30)49(33)29-16-9-8-10-17-29/h8-11,13-18,23,28,30-31,34,36H,7,12,19-22,24-26H2,1-6H3,(H,45,54)(H,46,50)(H,47,53)/b14-11+/t28?,30-,34+,36-,44-/m1/s1. The molecule has 4 bridgehead atoms. The highest BCUT2D eigenvalue weighted by atomic mass is 32.2. The molecule has 2 aliphatic heterocycles.